The molecule has 0 spiro atoms. The summed E-state index contributed by atoms with van der Waals surface area (Å²) < 4.78 is 45.1. The summed E-state index contributed by atoms with van der Waals surface area (Å²) in [7, 11) is 1.49. The number of para-hydroxylation sites is 2. The lowest BCUT2D eigenvalue weighted by atomic mass is 10.1. The number of ether oxygens (including phenoxy) is 1. The first-order chi connectivity index (χ1) is 20.6. The Morgan fingerprint density at radius 2 is 1.53 bits per heavy atom. The molecule has 0 heterocycles. The molecule has 0 aliphatic rings. The van der Waals surface area contributed by atoms with Gasteiger partial charge in [-0.3, -0.25) is 14.4 Å². The van der Waals surface area contributed by atoms with Gasteiger partial charge in [-0.2, -0.15) is 13.2 Å². The monoisotopic (exact) mass is 605 g/mol. The quantitative estimate of drug-likeness (QED) is 0.136. The zero-order valence-electron chi connectivity index (χ0n) is 22.8. The highest BCUT2D eigenvalue weighted by Gasteiger charge is 2.33. The molecule has 3 amide bonds. The average Bonchev–Trinajstić information content (AvgIpc) is 3.00. The molecule has 43 heavy (non-hydrogen) atoms. The fourth-order valence-corrected chi connectivity index (χ4v) is 4.68. The van der Waals surface area contributed by atoms with Crippen molar-refractivity contribution >= 4 is 46.9 Å². The van der Waals surface area contributed by atoms with E-state index in [2.05, 4.69) is 16.0 Å². The molecule has 220 valence electrons. The first kappa shape index (κ1) is 30.9. The van der Waals surface area contributed by atoms with Crippen molar-refractivity contribution in [3.63, 3.8) is 0 Å². The van der Waals surface area contributed by atoms with Crippen LogP contribution in [0, 0.1) is 0 Å². The number of thioether (sulfide) groups is 1. The predicted octanol–water partition coefficient (Wildman–Crippen LogP) is 6.85. The lowest BCUT2D eigenvalue weighted by molar-refractivity contribution is -0.137. The summed E-state index contributed by atoms with van der Waals surface area (Å²) in [4.78, 5) is 39.3. The minimum Gasteiger partial charge on any atom is -0.496 e. The number of nitrogens with one attached hydrogen (secondary N) is 3. The van der Waals surface area contributed by atoms with E-state index in [1.807, 2.05) is 0 Å². The van der Waals surface area contributed by atoms with Crippen LogP contribution in [0.1, 0.15) is 21.5 Å². The molecule has 3 N–H and O–H groups in total. The number of halogens is 3. The Labute approximate surface area is 250 Å². The van der Waals surface area contributed by atoms with Crippen LogP contribution < -0.4 is 20.7 Å². The minimum atomic E-state index is -4.61. The Bertz CT molecular complexity index is 1640. The van der Waals surface area contributed by atoms with Gasteiger partial charge >= 0.3 is 6.18 Å². The highest BCUT2D eigenvalue weighted by molar-refractivity contribution is 8.00. The topological polar surface area (TPSA) is 96.5 Å². The van der Waals surface area contributed by atoms with Gasteiger partial charge in [0, 0.05) is 21.7 Å². The van der Waals surface area contributed by atoms with E-state index in [9.17, 15) is 27.6 Å². The van der Waals surface area contributed by atoms with E-state index in [4.69, 9.17) is 4.74 Å². The molecule has 0 aliphatic heterocycles. The van der Waals surface area contributed by atoms with Crippen molar-refractivity contribution in [2.24, 2.45) is 0 Å². The summed E-state index contributed by atoms with van der Waals surface area (Å²) in [5, 5.41) is 7.72. The van der Waals surface area contributed by atoms with Gasteiger partial charge in [-0.15, -0.1) is 11.8 Å². The number of hydrogen-bond acceptors (Lipinski definition) is 5. The summed E-state index contributed by atoms with van der Waals surface area (Å²) in [6.45, 7) is 0. The van der Waals surface area contributed by atoms with E-state index in [-0.39, 0.29) is 17.1 Å². The maximum Gasteiger partial charge on any atom is 0.418 e. The minimum absolute atomic E-state index is 0.0425. The van der Waals surface area contributed by atoms with Gasteiger partial charge in [0.2, 0.25) is 5.91 Å². The maximum atomic E-state index is 13.4. The van der Waals surface area contributed by atoms with Crippen molar-refractivity contribution in [2.45, 2.75) is 11.1 Å². The van der Waals surface area contributed by atoms with Crippen molar-refractivity contribution < 1.29 is 32.3 Å². The molecule has 0 atom stereocenters. The lowest BCUT2D eigenvalue weighted by Gasteiger charge is -2.14. The first-order valence-corrected chi connectivity index (χ1v) is 13.8. The first-order valence-electron chi connectivity index (χ1n) is 12.9. The van der Waals surface area contributed by atoms with Crippen LogP contribution in [0.4, 0.5) is 24.5 Å². The van der Waals surface area contributed by atoms with Crippen LogP contribution >= 0.6 is 11.8 Å². The second-order valence-corrected chi connectivity index (χ2v) is 10.0. The van der Waals surface area contributed by atoms with Crippen LogP contribution in [0.25, 0.3) is 6.08 Å². The normalized spacial score (nSPS) is 11.4. The SMILES string of the molecule is COc1ccccc1/C=C(/NC(=O)c1ccccc1)C(=O)Nc1cccc(SCC(=O)Nc2ccccc2C(F)(F)F)c1. The van der Waals surface area contributed by atoms with Crippen LogP contribution in [0.3, 0.4) is 0 Å². The van der Waals surface area contributed by atoms with Gasteiger partial charge in [-0.05, 0) is 54.6 Å². The molecule has 0 aromatic heterocycles. The van der Waals surface area contributed by atoms with Crippen LogP contribution in [-0.4, -0.2) is 30.6 Å². The fraction of sp³-hybridized carbons (Fsp3) is 0.0938. The summed E-state index contributed by atoms with van der Waals surface area (Å²) >= 11 is 1.08. The molecule has 0 radical (unpaired) electrons. The fourth-order valence-electron chi connectivity index (χ4n) is 3.92. The highest BCUT2D eigenvalue weighted by Crippen LogP contribution is 2.34. The van der Waals surface area contributed by atoms with Crippen molar-refractivity contribution in [3.8, 4) is 5.75 Å². The van der Waals surface area contributed by atoms with Gasteiger partial charge in [0.25, 0.3) is 11.8 Å². The number of rotatable bonds is 10. The number of alkyl halides is 3. The second-order valence-electron chi connectivity index (χ2n) is 8.98. The molecule has 4 rings (SSSR count). The smallest absolute Gasteiger partial charge is 0.418 e. The molecular weight excluding hydrogens is 579 g/mol. The standard InChI is InChI=1S/C32H26F3N3O4S/c1-42-28-17-8-5-12-22(28)18-27(38-30(40)21-10-3-2-4-11-21)31(41)36-23-13-9-14-24(19-23)43-20-29(39)37-26-16-7-6-15-25(26)32(33,34)35/h2-19H,20H2,1H3,(H,36,41)(H,37,39)(H,38,40)/b27-18+. The summed E-state index contributed by atoms with van der Waals surface area (Å²) in [5.74, 6) is -1.40. The van der Waals surface area contributed by atoms with Gasteiger partial charge in [0.15, 0.2) is 0 Å². The molecule has 0 saturated carbocycles. The van der Waals surface area contributed by atoms with E-state index >= 15 is 0 Å². The number of hydrogen-bond donors (Lipinski definition) is 3. The van der Waals surface area contributed by atoms with Gasteiger partial charge in [0.1, 0.15) is 11.4 Å². The molecule has 0 saturated heterocycles. The Balaban J connectivity index is 1.47. The van der Waals surface area contributed by atoms with Crippen molar-refractivity contribution in [3.05, 3.63) is 126 Å². The van der Waals surface area contributed by atoms with Crippen LogP contribution in [0.15, 0.2) is 114 Å². The number of methoxy groups -OCH3 is 1. The summed E-state index contributed by atoms with van der Waals surface area (Å²) in [6, 6.07) is 26.7. The molecule has 4 aromatic rings. The molecule has 11 heteroatoms. The molecular formula is C32H26F3N3O4S. The van der Waals surface area contributed by atoms with E-state index in [1.54, 1.807) is 78.9 Å². The second kappa shape index (κ2) is 14.2. The Morgan fingerprint density at radius 1 is 0.837 bits per heavy atom. The van der Waals surface area contributed by atoms with E-state index < -0.39 is 29.5 Å². The zero-order chi connectivity index (χ0) is 30.8. The zero-order valence-corrected chi connectivity index (χ0v) is 23.6. The molecule has 0 fully saturated rings. The van der Waals surface area contributed by atoms with Gasteiger partial charge < -0.3 is 20.7 Å². The van der Waals surface area contributed by atoms with Gasteiger partial charge in [0.05, 0.1) is 24.1 Å². The van der Waals surface area contributed by atoms with Crippen molar-refractivity contribution in [2.75, 3.05) is 23.5 Å². The third-order valence-electron chi connectivity index (χ3n) is 5.94. The average molecular weight is 606 g/mol. The van der Waals surface area contributed by atoms with Gasteiger partial charge in [-0.25, -0.2) is 0 Å². The third-order valence-corrected chi connectivity index (χ3v) is 6.93. The number of anilines is 2. The largest absolute Gasteiger partial charge is 0.496 e. The number of carbonyl (C=O) groups is 3. The lowest BCUT2D eigenvalue weighted by Crippen LogP contribution is -2.30. The number of amides is 3. The van der Waals surface area contributed by atoms with Crippen LogP contribution in [0.2, 0.25) is 0 Å². The van der Waals surface area contributed by atoms with Gasteiger partial charge in [-0.1, -0.05) is 54.6 Å². The molecule has 0 unspecified atom stereocenters. The molecule has 0 bridgehead atoms. The maximum absolute atomic E-state index is 13.4. The van der Waals surface area contributed by atoms with Crippen molar-refractivity contribution in [1.29, 1.82) is 0 Å². The summed E-state index contributed by atoms with van der Waals surface area (Å²) in [6.07, 6.45) is -3.11. The van der Waals surface area contributed by atoms with Crippen molar-refractivity contribution in [1.82, 2.24) is 5.32 Å². The van der Waals surface area contributed by atoms with E-state index in [0.29, 0.717) is 27.5 Å². The number of carbonyl (C=O) groups excluding carboxylic acids is 3. The molecule has 0 aliphatic carbocycles. The Hall–Kier alpha value is -5.03. The van der Waals surface area contributed by atoms with Crippen LogP contribution in [-0.2, 0) is 15.8 Å². The predicted molar refractivity (Wildman–Crippen MR) is 161 cm³/mol. The third kappa shape index (κ3) is 8.73. The van der Waals surface area contributed by atoms with E-state index in [0.717, 1.165) is 17.8 Å². The molecule has 7 nitrogen and oxygen atoms in total. The summed E-state index contributed by atoms with van der Waals surface area (Å²) in [5.41, 5.74) is -0.0126. The van der Waals surface area contributed by atoms with Crippen LogP contribution in [0.5, 0.6) is 5.75 Å². The Morgan fingerprint density at radius 3 is 2.28 bits per heavy atom. The number of benzene rings is 4. The Kier molecular flexibility index (Phi) is 10.2. The highest BCUT2D eigenvalue weighted by atomic mass is 32.2. The molecule has 4 aromatic carbocycles. The van der Waals surface area contributed by atoms with E-state index in [1.165, 1.54) is 31.4 Å².